The molecule has 3 aromatic rings. The Morgan fingerprint density at radius 3 is 3.03 bits per heavy atom. The quantitative estimate of drug-likeness (QED) is 0.521. The Kier molecular flexibility index (Phi) is 5.41. The number of nitrogens with one attached hydrogen (secondary N) is 2. The topological polar surface area (TPSA) is 122 Å². The van der Waals surface area contributed by atoms with Crippen LogP contribution in [0.25, 0.3) is 16.7 Å². The summed E-state index contributed by atoms with van der Waals surface area (Å²) in [5.74, 6) is -0.428. The van der Waals surface area contributed by atoms with Crippen LogP contribution in [-0.4, -0.2) is 50.8 Å². The molecule has 1 saturated heterocycles. The van der Waals surface area contributed by atoms with E-state index in [0.717, 1.165) is 12.8 Å². The maximum atomic E-state index is 13.0. The maximum absolute atomic E-state index is 13.0. The van der Waals surface area contributed by atoms with Crippen LogP contribution in [0.2, 0.25) is 0 Å². The van der Waals surface area contributed by atoms with Crippen LogP contribution in [0.15, 0.2) is 35.3 Å². The van der Waals surface area contributed by atoms with E-state index in [1.54, 1.807) is 24.4 Å². The summed E-state index contributed by atoms with van der Waals surface area (Å²) >= 11 is 0. The number of aryl methyl sites for hydroxylation is 1. The Morgan fingerprint density at radius 1 is 1.41 bits per heavy atom. The Labute approximate surface area is 166 Å². The van der Waals surface area contributed by atoms with Gasteiger partial charge >= 0.3 is 0 Å². The van der Waals surface area contributed by atoms with Crippen LogP contribution in [0.1, 0.15) is 29.6 Å². The van der Waals surface area contributed by atoms with Crippen molar-refractivity contribution in [3.63, 3.8) is 0 Å². The van der Waals surface area contributed by atoms with E-state index in [9.17, 15) is 14.7 Å². The molecule has 152 valence electrons. The maximum Gasteiger partial charge on any atom is 0.267 e. The van der Waals surface area contributed by atoms with Crippen LogP contribution < -0.4 is 16.4 Å². The predicted octanol–water partition coefficient (Wildman–Crippen LogP) is 0.420. The van der Waals surface area contributed by atoms with E-state index in [0.29, 0.717) is 30.9 Å². The van der Waals surface area contributed by atoms with Gasteiger partial charge in [-0.2, -0.15) is 0 Å². The van der Waals surface area contributed by atoms with E-state index in [-0.39, 0.29) is 41.3 Å². The van der Waals surface area contributed by atoms with Crippen molar-refractivity contribution in [3.8, 4) is 0 Å². The molecule has 0 aliphatic carbocycles. The lowest BCUT2D eigenvalue weighted by atomic mass is 10.1. The number of hydrogen-bond donors (Lipinski definition) is 3. The second-order valence-corrected chi connectivity index (χ2v) is 7.06. The van der Waals surface area contributed by atoms with Gasteiger partial charge in [-0.05, 0) is 37.5 Å². The first-order chi connectivity index (χ1) is 14.1. The largest absolute Gasteiger partial charge is 0.396 e. The number of rotatable bonds is 6. The molecule has 1 fully saturated rings. The van der Waals surface area contributed by atoms with E-state index in [1.165, 1.54) is 15.0 Å². The molecule has 29 heavy (non-hydrogen) atoms. The zero-order chi connectivity index (χ0) is 20.4. The molecule has 0 spiro atoms. The highest BCUT2D eigenvalue weighted by Gasteiger charge is 2.20. The van der Waals surface area contributed by atoms with Crippen LogP contribution in [0.4, 0.5) is 0 Å². The number of fused-ring (bicyclic) bond motifs is 2. The first-order valence-corrected chi connectivity index (χ1v) is 9.70. The van der Waals surface area contributed by atoms with Gasteiger partial charge in [-0.25, -0.2) is 4.98 Å². The number of nitrogens with zero attached hydrogens (tertiary/aromatic N) is 3. The highest BCUT2D eigenvalue weighted by Crippen LogP contribution is 2.12. The van der Waals surface area contributed by atoms with Gasteiger partial charge in [-0.3, -0.25) is 19.4 Å². The zero-order valence-corrected chi connectivity index (χ0v) is 15.9. The number of amides is 1. The van der Waals surface area contributed by atoms with Crippen molar-refractivity contribution >= 4 is 22.6 Å². The fraction of sp³-hybridized carbons (Fsp3) is 0.400. The Hall–Kier alpha value is -3.04. The zero-order valence-electron chi connectivity index (χ0n) is 15.9. The molecule has 1 amide bonds. The Balaban J connectivity index is 1.83. The summed E-state index contributed by atoms with van der Waals surface area (Å²) in [5, 5.41) is 20.9. The molecule has 3 N–H and O–H groups in total. The number of aromatic nitrogens is 3. The van der Waals surface area contributed by atoms with Gasteiger partial charge in [0, 0.05) is 32.5 Å². The third-order valence-corrected chi connectivity index (χ3v) is 5.12. The smallest absolute Gasteiger partial charge is 0.267 e. The number of pyridine rings is 2. The minimum Gasteiger partial charge on any atom is -0.396 e. The first kappa shape index (κ1) is 19.3. The van der Waals surface area contributed by atoms with Crippen molar-refractivity contribution in [2.45, 2.75) is 31.9 Å². The van der Waals surface area contributed by atoms with Crippen molar-refractivity contribution in [1.82, 2.24) is 19.3 Å². The van der Waals surface area contributed by atoms with Gasteiger partial charge in [0.2, 0.25) is 0 Å². The van der Waals surface area contributed by atoms with Crippen molar-refractivity contribution in [2.24, 2.45) is 0 Å². The lowest BCUT2D eigenvalue weighted by Gasteiger charge is -2.15. The molecule has 1 unspecified atom stereocenters. The summed E-state index contributed by atoms with van der Waals surface area (Å²) in [6.45, 7) is 1.25. The fourth-order valence-corrected chi connectivity index (χ4v) is 3.61. The number of ether oxygens (including phenoxy) is 1. The number of carbonyl (C=O) groups excluding carboxylic acids is 1. The molecular formula is C20H23N5O4. The van der Waals surface area contributed by atoms with Gasteiger partial charge in [0.25, 0.3) is 11.5 Å². The lowest BCUT2D eigenvalue weighted by molar-refractivity contribution is 0.0855. The monoisotopic (exact) mass is 397 g/mol. The van der Waals surface area contributed by atoms with Crippen molar-refractivity contribution in [3.05, 3.63) is 51.9 Å². The molecule has 9 heteroatoms. The summed E-state index contributed by atoms with van der Waals surface area (Å²) < 4.78 is 8.45. The highest BCUT2D eigenvalue weighted by atomic mass is 16.5. The normalized spacial score (nSPS) is 16.5. The molecule has 9 nitrogen and oxygen atoms in total. The first-order valence-electron chi connectivity index (χ1n) is 9.70. The average Bonchev–Trinajstić information content (AvgIpc) is 3.25. The highest BCUT2D eigenvalue weighted by molar-refractivity contribution is 5.96. The molecule has 1 atom stereocenters. The van der Waals surface area contributed by atoms with Crippen LogP contribution in [-0.2, 0) is 11.3 Å². The van der Waals surface area contributed by atoms with Gasteiger partial charge in [0.1, 0.15) is 16.8 Å². The molecule has 0 aromatic carbocycles. The number of aliphatic hydroxyl groups is 1. The van der Waals surface area contributed by atoms with Crippen LogP contribution in [0, 0.1) is 5.41 Å². The van der Waals surface area contributed by atoms with Crippen molar-refractivity contribution in [2.75, 3.05) is 19.8 Å². The molecule has 0 bridgehead atoms. The number of hydrogen-bond acceptors (Lipinski definition) is 6. The Morgan fingerprint density at radius 2 is 2.28 bits per heavy atom. The molecule has 4 rings (SSSR count). The van der Waals surface area contributed by atoms with E-state index in [4.69, 9.17) is 10.1 Å². The second-order valence-electron chi connectivity index (χ2n) is 7.06. The molecule has 3 aromatic heterocycles. The molecule has 1 aliphatic rings. The van der Waals surface area contributed by atoms with Gasteiger partial charge in [-0.15, -0.1) is 0 Å². The van der Waals surface area contributed by atoms with E-state index >= 15 is 0 Å². The second kappa shape index (κ2) is 8.14. The van der Waals surface area contributed by atoms with Gasteiger partial charge in [0.05, 0.1) is 17.1 Å². The minimum atomic E-state index is -0.428. The standard InChI is InChI=1S/C20H23N5O4/c21-17-14(19(27)22-12-13-5-3-10-29-13)11-15-18(25(17)8-4-9-26)23-16-6-1-2-7-24(16)20(15)28/h1-2,6-7,11,13,21,26H,3-5,8-10,12H2,(H,22,27). The van der Waals surface area contributed by atoms with Gasteiger partial charge < -0.3 is 19.7 Å². The summed E-state index contributed by atoms with van der Waals surface area (Å²) in [4.78, 5) is 30.3. The Bertz CT molecular complexity index is 1180. The van der Waals surface area contributed by atoms with Crippen molar-refractivity contribution < 1.29 is 14.6 Å². The summed E-state index contributed by atoms with van der Waals surface area (Å²) in [7, 11) is 0. The van der Waals surface area contributed by atoms with E-state index < -0.39 is 5.91 Å². The van der Waals surface area contributed by atoms with Crippen LogP contribution in [0.3, 0.4) is 0 Å². The third-order valence-electron chi connectivity index (χ3n) is 5.12. The van der Waals surface area contributed by atoms with E-state index in [1.807, 2.05) is 0 Å². The average molecular weight is 397 g/mol. The van der Waals surface area contributed by atoms with Crippen LogP contribution >= 0.6 is 0 Å². The van der Waals surface area contributed by atoms with Gasteiger partial charge in [-0.1, -0.05) is 6.07 Å². The number of carbonyl (C=O) groups is 1. The summed E-state index contributed by atoms with van der Waals surface area (Å²) in [6, 6.07) is 6.66. The van der Waals surface area contributed by atoms with E-state index in [2.05, 4.69) is 10.3 Å². The molecular weight excluding hydrogens is 374 g/mol. The third kappa shape index (κ3) is 3.66. The van der Waals surface area contributed by atoms with Crippen LogP contribution in [0.5, 0.6) is 0 Å². The molecule has 1 aliphatic heterocycles. The SMILES string of the molecule is N=c1c(C(=O)NCC2CCCO2)cc2c(=O)n3ccccc3nc2n1CCCO. The molecule has 4 heterocycles. The minimum absolute atomic E-state index is 0.0219. The summed E-state index contributed by atoms with van der Waals surface area (Å²) in [6.07, 6.45) is 3.83. The molecule has 0 saturated carbocycles. The number of aliphatic hydroxyl groups excluding tert-OH is 1. The van der Waals surface area contributed by atoms with Crippen molar-refractivity contribution in [1.29, 1.82) is 5.41 Å². The lowest BCUT2D eigenvalue weighted by Crippen LogP contribution is -2.38. The fourth-order valence-electron chi connectivity index (χ4n) is 3.61. The molecule has 0 radical (unpaired) electrons. The predicted molar refractivity (Wildman–Crippen MR) is 106 cm³/mol. The summed E-state index contributed by atoms with van der Waals surface area (Å²) in [5.41, 5.74) is 0.538. The van der Waals surface area contributed by atoms with Gasteiger partial charge in [0.15, 0.2) is 0 Å².